The Hall–Kier alpha value is -3.47. The molecule has 0 bridgehead atoms. The second kappa shape index (κ2) is 14.1. The summed E-state index contributed by atoms with van der Waals surface area (Å²) in [6, 6.07) is 19.8. The van der Waals surface area contributed by atoms with Crippen molar-refractivity contribution in [3.05, 3.63) is 82.9 Å². The van der Waals surface area contributed by atoms with E-state index in [0.29, 0.717) is 11.3 Å². The number of anilines is 1. The summed E-state index contributed by atoms with van der Waals surface area (Å²) >= 11 is 0. The molecule has 0 N–H and O–H groups in total. The average Bonchev–Trinajstić information content (AvgIpc) is 2.96. The van der Waals surface area contributed by atoms with Crippen LogP contribution in [0.5, 0.6) is 5.75 Å². The lowest BCUT2D eigenvalue weighted by Crippen LogP contribution is -2.32. The molecular weight excluding hydrogens is 482 g/mol. The van der Waals surface area contributed by atoms with E-state index in [9.17, 15) is 4.79 Å². The number of carbonyl (C=O) groups excluding carboxylic acids is 1. The van der Waals surface area contributed by atoms with Gasteiger partial charge in [0.2, 0.25) is 0 Å². The molecule has 206 valence electrons. The van der Waals surface area contributed by atoms with Crippen LogP contribution in [-0.4, -0.2) is 19.1 Å². The van der Waals surface area contributed by atoms with E-state index in [1.165, 1.54) is 56.2 Å². The van der Waals surface area contributed by atoms with E-state index >= 15 is 0 Å². The molecule has 5 nitrogen and oxygen atoms in total. The first-order valence-corrected chi connectivity index (χ1v) is 14.6. The van der Waals surface area contributed by atoms with Gasteiger partial charge in [-0.15, -0.1) is 0 Å². The monoisotopic (exact) mass is 525 g/mol. The van der Waals surface area contributed by atoms with Crippen LogP contribution in [0, 0.1) is 19.8 Å². The molecule has 5 heteroatoms. The van der Waals surface area contributed by atoms with Gasteiger partial charge >= 0.3 is 5.97 Å². The van der Waals surface area contributed by atoms with Crippen molar-refractivity contribution >= 4 is 23.0 Å². The summed E-state index contributed by atoms with van der Waals surface area (Å²) in [4.78, 5) is 15.2. The first-order chi connectivity index (χ1) is 18.9. The summed E-state index contributed by atoms with van der Waals surface area (Å²) in [6.07, 6.45) is 9.86. The summed E-state index contributed by atoms with van der Waals surface area (Å²) in [6.45, 7) is 10.7. The smallest absolute Gasteiger partial charge is 0.343 e. The molecule has 0 unspecified atom stereocenters. The number of azo groups is 1. The molecule has 1 fully saturated rings. The van der Waals surface area contributed by atoms with Gasteiger partial charge in [0.1, 0.15) is 5.75 Å². The van der Waals surface area contributed by atoms with Crippen molar-refractivity contribution in [3.8, 4) is 5.75 Å². The van der Waals surface area contributed by atoms with Crippen LogP contribution in [0.3, 0.4) is 0 Å². The molecule has 1 aliphatic heterocycles. The average molecular weight is 526 g/mol. The molecule has 3 aromatic rings. The highest BCUT2D eigenvalue weighted by atomic mass is 16.5. The third-order valence-corrected chi connectivity index (χ3v) is 7.94. The highest BCUT2D eigenvalue weighted by Crippen LogP contribution is 2.32. The zero-order valence-electron chi connectivity index (χ0n) is 24.1. The Balaban J connectivity index is 1.33. The van der Waals surface area contributed by atoms with E-state index < -0.39 is 0 Å². The van der Waals surface area contributed by atoms with Crippen LogP contribution in [0.1, 0.15) is 85.8 Å². The zero-order chi connectivity index (χ0) is 27.6. The topological polar surface area (TPSA) is 54.3 Å². The molecule has 0 amide bonds. The highest BCUT2D eigenvalue weighted by Gasteiger charge is 2.16. The maximum atomic E-state index is 12.8. The molecular formula is C34H43N3O2. The summed E-state index contributed by atoms with van der Waals surface area (Å²) < 4.78 is 5.76. The molecule has 0 saturated carbocycles. The Labute approximate surface area is 234 Å². The Bertz CT molecular complexity index is 1240. The number of nitrogens with zero attached hydrogens (tertiary/aromatic N) is 3. The van der Waals surface area contributed by atoms with Gasteiger partial charge in [0.25, 0.3) is 0 Å². The van der Waals surface area contributed by atoms with E-state index in [4.69, 9.17) is 4.74 Å². The molecule has 0 aromatic heterocycles. The minimum Gasteiger partial charge on any atom is -0.423 e. The van der Waals surface area contributed by atoms with Crippen molar-refractivity contribution < 1.29 is 9.53 Å². The third-order valence-electron chi connectivity index (χ3n) is 7.94. The van der Waals surface area contributed by atoms with Crippen LogP contribution in [0.15, 0.2) is 70.9 Å². The van der Waals surface area contributed by atoms with Gasteiger partial charge in [-0.05, 0) is 111 Å². The second-order valence-corrected chi connectivity index (χ2v) is 11.0. The van der Waals surface area contributed by atoms with Gasteiger partial charge in [-0.1, -0.05) is 51.7 Å². The molecule has 3 aromatic carbocycles. The summed E-state index contributed by atoms with van der Waals surface area (Å²) in [7, 11) is 0. The Morgan fingerprint density at radius 1 is 0.846 bits per heavy atom. The maximum Gasteiger partial charge on any atom is 0.343 e. The number of esters is 1. The van der Waals surface area contributed by atoms with Gasteiger partial charge in [-0.2, -0.15) is 10.2 Å². The van der Waals surface area contributed by atoms with E-state index in [2.05, 4.69) is 41.1 Å². The van der Waals surface area contributed by atoms with Crippen LogP contribution in [0.2, 0.25) is 0 Å². The number of rotatable bonds is 11. The molecule has 4 rings (SSSR count). The molecule has 0 radical (unpaired) electrons. The lowest BCUT2D eigenvalue weighted by Gasteiger charge is -2.32. The number of carbonyl (C=O) groups is 1. The first kappa shape index (κ1) is 28.5. The molecule has 0 atom stereocenters. The van der Waals surface area contributed by atoms with Crippen molar-refractivity contribution in [1.29, 1.82) is 0 Å². The molecule has 1 heterocycles. The number of piperidine rings is 1. The highest BCUT2D eigenvalue weighted by molar-refractivity contribution is 5.91. The van der Waals surface area contributed by atoms with E-state index in [0.717, 1.165) is 47.9 Å². The Morgan fingerprint density at radius 3 is 2.23 bits per heavy atom. The third kappa shape index (κ3) is 8.01. The van der Waals surface area contributed by atoms with Crippen LogP contribution in [0.4, 0.5) is 17.1 Å². The van der Waals surface area contributed by atoms with Gasteiger partial charge in [-0.25, -0.2) is 4.79 Å². The van der Waals surface area contributed by atoms with Crippen LogP contribution >= 0.6 is 0 Å². The Morgan fingerprint density at radius 2 is 1.54 bits per heavy atom. The van der Waals surface area contributed by atoms with Crippen LogP contribution in [-0.2, 0) is 6.42 Å². The zero-order valence-corrected chi connectivity index (χ0v) is 24.1. The molecule has 0 spiro atoms. The molecule has 0 aliphatic carbocycles. The number of benzene rings is 3. The fraction of sp³-hybridized carbons (Fsp3) is 0.441. The van der Waals surface area contributed by atoms with Gasteiger partial charge in [0, 0.05) is 18.8 Å². The predicted octanol–water partition coefficient (Wildman–Crippen LogP) is 9.69. The molecule has 1 saturated heterocycles. The minimum atomic E-state index is -0.343. The standard InChI is InChI=1S/C34H43N3O2/c1-5-6-7-8-9-10-28-11-13-29(14-12-28)34(38)39-33-20-19-32(26(3)27(33)4)36-35-30-15-17-31(18-16-30)37-23-21-25(2)22-24-37/h11-20,25H,5-10,21-24H2,1-4H3. The van der Waals surface area contributed by atoms with Gasteiger partial charge in [0.15, 0.2) is 0 Å². The van der Waals surface area contributed by atoms with E-state index in [1.54, 1.807) is 6.07 Å². The SMILES string of the molecule is CCCCCCCc1ccc(C(=O)Oc2ccc(N=Nc3ccc(N4CCC(C)CC4)cc3)c(C)c2C)cc1. The lowest BCUT2D eigenvalue weighted by atomic mass is 9.99. The van der Waals surface area contributed by atoms with Crippen LogP contribution in [0.25, 0.3) is 0 Å². The summed E-state index contributed by atoms with van der Waals surface area (Å²) in [5.41, 5.74) is 6.50. The number of hydrogen-bond acceptors (Lipinski definition) is 5. The largest absolute Gasteiger partial charge is 0.423 e. The normalized spacial score (nSPS) is 14.2. The van der Waals surface area contributed by atoms with Crippen molar-refractivity contribution in [1.82, 2.24) is 0 Å². The van der Waals surface area contributed by atoms with Crippen molar-refractivity contribution in [2.45, 2.75) is 79.1 Å². The summed E-state index contributed by atoms with van der Waals surface area (Å²) in [5, 5.41) is 8.95. The van der Waals surface area contributed by atoms with Crippen molar-refractivity contribution in [2.24, 2.45) is 16.1 Å². The fourth-order valence-electron chi connectivity index (χ4n) is 5.01. The van der Waals surface area contributed by atoms with Gasteiger partial charge in [0.05, 0.1) is 16.9 Å². The Kier molecular flexibility index (Phi) is 10.3. The predicted molar refractivity (Wildman–Crippen MR) is 161 cm³/mol. The van der Waals surface area contributed by atoms with Gasteiger partial charge < -0.3 is 9.64 Å². The number of ether oxygens (including phenoxy) is 1. The quantitative estimate of drug-likeness (QED) is 0.108. The van der Waals surface area contributed by atoms with Crippen molar-refractivity contribution in [3.63, 3.8) is 0 Å². The number of aryl methyl sites for hydroxylation is 1. The second-order valence-electron chi connectivity index (χ2n) is 11.0. The minimum absolute atomic E-state index is 0.343. The van der Waals surface area contributed by atoms with E-state index in [-0.39, 0.29) is 5.97 Å². The number of unbranched alkanes of at least 4 members (excludes halogenated alkanes) is 4. The first-order valence-electron chi connectivity index (χ1n) is 14.6. The fourth-order valence-corrected chi connectivity index (χ4v) is 5.01. The number of hydrogen-bond donors (Lipinski definition) is 0. The van der Waals surface area contributed by atoms with E-state index in [1.807, 2.05) is 56.3 Å². The van der Waals surface area contributed by atoms with Gasteiger partial charge in [-0.3, -0.25) is 0 Å². The molecule has 39 heavy (non-hydrogen) atoms. The lowest BCUT2D eigenvalue weighted by molar-refractivity contribution is 0.0733. The maximum absolute atomic E-state index is 12.8. The molecule has 1 aliphatic rings. The summed E-state index contributed by atoms with van der Waals surface area (Å²) in [5.74, 6) is 1.03. The van der Waals surface area contributed by atoms with Crippen molar-refractivity contribution in [2.75, 3.05) is 18.0 Å². The van der Waals surface area contributed by atoms with Crippen LogP contribution < -0.4 is 9.64 Å².